The van der Waals surface area contributed by atoms with Crippen molar-refractivity contribution >= 4 is 11.8 Å². The summed E-state index contributed by atoms with van der Waals surface area (Å²) < 4.78 is 12.1. The molecule has 2 aromatic rings. The maximum absolute atomic E-state index is 6.03. The van der Waals surface area contributed by atoms with Crippen molar-refractivity contribution in [3.8, 4) is 11.5 Å². The van der Waals surface area contributed by atoms with Gasteiger partial charge in [0, 0.05) is 4.90 Å². The van der Waals surface area contributed by atoms with E-state index in [4.69, 9.17) is 9.47 Å². The Balaban J connectivity index is 1.52. The molecule has 2 atom stereocenters. The molecular formula is C23H27O2S. The van der Waals surface area contributed by atoms with Gasteiger partial charge < -0.3 is 9.47 Å². The molecular weight excluding hydrogens is 340 g/mol. The van der Waals surface area contributed by atoms with Crippen molar-refractivity contribution in [1.29, 1.82) is 0 Å². The van der Waals surface area contributed by atoms with Crippen LogP contribution in [0.2, 0.25) is 0 Å². The molecule has 0 amide bonds. The van der Waals surface area contributed by atoms with Crippen LogP contribution in [0.4, 0.5) is 0 Å². The van der Waals surface area contributed by atoms with Crippen LogP contribution in [0.5, 0.6) is 11.5 Å². The largest absolute Gasteiger partial charge is 0.450 e. The molecule has 3 heteroatoms. The second-order valence-electron chi connectivity index (χ2n) is 6.58. The van der Waals surface area contributed by atoms with Crippen molar-refractivity contribution in [3.63, 3.8) is 0 Å². The van der Waals surface area contributed by atoms with Crippen LogP contribution in [0.3, 0.4) is 0 Å². The van der Waals surface area contributed by atoms with Crippen LogP contribution in [0, 0.1) is 18.3 Å². The van der Waals surface area contributed by atoms with Crippen molar-refractivity contribution < 1.29 is 9.47 Å². The van der Waals surface area contributed by atoms with Crippen LogP contribution >= 0.6 is 11.8 Å². The third-order valence-electron chi connectivity index (χ3n) is 4.38. The van der Waals surface area contributed by atoms with E-state index in [0.717, 1.165) is 30.1 Å². The maximum Gasteiger partial charge on any atom is 0.247 e. The Morgan fingerprint density at radius 1 is 1.00 bits per heavy atom. The molecule has 0 aliphatic carbocycles. The van der Waals surface area contributed by atoms with E-state index in [1.807, 2.05) is 36.0 Å². The minimum absolute atomic E-state index is 0.152. The molecule has 2 aromatic carbocycles. The number of ether oxygens (including phenoxy) is 2. The summed E-state index contributed by atoms with van der Waals surface area (Å²) in [5.74, 6) is 3.44. The fourth-order valence-electron chi connectivity index (χ4n) is 2.97. The highest BCUT2D eigenvalue weighted by Gasteiger charge is 2.31. The van der Waals surface area contributed by atoms with Crippen molar-refractivity contribution in [2.24, 2.45) is 11.8 Å². The number of fused-ring (bicyclic) bond motifs is 1. The van der Waals surface area contributed by atoms with Gasteiger partial charge in [0.15, 0.2) is 11.5 Å². The average Bonchev–Trinajstić information content (AvgIpc) is 3.10. The zero-order chi connectivity index (χ0) is 18.2. The summed E-state index contributed by atoms with van der Waals surface area (Å²) in [6.07, 6.45) is 8.67. The maximum atomic E-state index is 6.03. The van der Waals surface area contributed by atoms with Crippen LogP contribution in [0.15, 0.2) is 71.6 Å². The monoisotopic (exact) mass is 367 g/mol. The van der Waals surface area contributed by atoms with E-state index in [1.165, 1.54) is 4.90 Å². The van der Waals surface area contributed by atoms with E-state index in [1.54, 1.807) is 0 Å². The number of para-hydroxylation sites is 2. The Morgan fingerprint density at radius 3 is 2.31 bits per heavy atom. The SMILES string of the molecule is CCC=CC([CH]C(C)CCSc1ccccc1)C1Oc2ccccc2O1. The van der Waals surface area contributed by atoms with Crippen LogP contribution < -0.4 is 9.47 Å². The minimum Gasteiger partial charge on any atom is -0.450 e. The van der Waals surface area contributed by atoms with E-state index in [2.05, 4.69) is 62.8 Å². The smallest absolute Gasteiger partial charge is 0.247 e. The first-order valence-corrected chi connectivity index (χ1v) is 10.4. The molecule has 0 aromatic heterocycles. The lowest BCUT2D eigenvalue weighted by Crippen LogP contribution is -2.29. The Morgan fingerprint density at radius 2 is 1.65 bits per heavy atom. The Bertz CT molecular complexity index is 673. The number of thioether (sulfide) groups is 1. The fourth-order valence-corrected chi connectivity index (χ4v) is 4.05. The van der Waals surface area contributed by atoms with Gasteiger partial charge in [-0.15, -0.1) is 11.8 Å². The molecule has 137 valence electrons. The van der Waals surface area contributed by atoms with Crippen molar-refractivity contribution in [1.82, 2.24) is 0 Å². The summed E-state index contributed by atoms with van der Waals surface area (Å²) in [6, 6.07) is 18.5. The van der Waals surface area contributed by atoms with E-state index < -0.39 is 0 Å². The number of benzene rings is 2. The number of hydrogen-bond donors (Lipinski definition) is 0. The summed E-state index contributed by atoms with van der Waals surface area (Å²) in [4.78, 5) is 1.33. The zero-order valence-corrected chi connectivity index (χ0v) is 16.3. The average molecular weight is 368 g/mol. The van der Waals surface area contributed by atoms with Crippen LogP contribution in [-0.2, 0) is 0 Å². The molecule has 1 aliphatic heterocycles. The minimum atomic E-state index is -0.264. The molecule has 26 heavy (non-hydrogen) atoms. The number of rotatable bonds is 9. The van der Waals surface area contributed by atoms with E-state index in [9.17, 15) is 0 Å². The predicted molar refractivity (Wildman–Crippen MR) is 110 cm³/mol. The highest BCUT2D eigenvalue weighted by Crippen LogP contribution is 2.38. The second kappa shape index (κ2) is 9.72. The van der Waals surface area contributed by atoms with E-state index in [-0.39, 0.29) is 12.2 Å². The summed E-state index contributed by atoms with van der Waals surface area (Å²) >= 11 is 1.92. The Hall–Kier alpha value is -1.87. The summed E-state index contributed by atoms with van der Waals surface area (Å²) in [5, 5.41) is 0. The number of hydrogen-bond acceptors (Lipinski definition) is 3. The van der Waals surface area contributed by atoms with Gasteiger partial charge in [0.05, 0.1) is 5.92 Å². The van der Waals surface area contributed by atoms with Crippen molar-refractivity contribution in [2.75, 3.05) is 5.75 Å². The Labute approximate surface area is 161 Å². The van der Waals surface area contributed by atoms with Crippen molar-refractivity contribution in [2.45, 2.75) is 37.9 Å². The molecule has 0 saturated heterocycles. The van der Waals surface area contributed by atoms with Gasteiger partial charge in [-0.25, -0.2) is 0 Å². The lowest BCUT2D eigenvalue weighted by atomic mass is 9.93. The summed E-state index contributed by atoms with van der Waals surface area (Å²) in [7, 11) is 0. The molecule has 3 rings (SSSR count). The lowest BCUT2D eigenvalue weighted by molar-refractivity contribution is 0.0200. The van der Waals surface area contributed by atoms with Crippen LogP contribution in [0.1, 0.15) is 26.7 Å². The number of allylic oxidation sites excluding steroid dienone is 1. The quantitative estimate of drug-likeness (QED) is 0.378. The zero-order valence-electron chi connectivity index (χ0n) is 15.5. The third-order valence-corrected chi connectivity index (χ3v) is 5.42. The van der Waals surface area contributed by atoms with Gasteiger partial charge in [-0.3, -0.25) is 0 Å². The van der Waals surface area contributed by atoms with Gasteiger partial charge in [0.1, 0.15) is 0 Å². The molecule has 2 nitrogen and oxygen atoms in total. The summed E-state index contributed by atoms with van der Waals surface area (Å²) in [5.41, 5.74) is 0. The molecule has 2 unspecified atom stereocenters. The second-order valence-corrected chi connectivity index (χ2v) is 7.75. The third kappa shape index (κ3) is 5.31. The van der Waals surface area contributed by atoms with Crippen LogP contribution in [-0.4, -0.2) is 12.0 Å². The molecule has 1 aliphatic rings. The first kappa shape index (κ1) is 18.9. The van der Waals surface area contributed by atoms with Gasteiger partial charge in [-0.05, 0) is 55.2 Å². The normalized spacial score (nSPS) is 16.1. The molecule has 0 N–H and O–H groups in total. The first-order chi connectivity index (χ1) is 12.8. The fraction of sp³-hybridized carbons (Fsp3) is 0.348. The van der Waals surface area contributed by atoms with E-state index in [0.29, 0.717) is 5.92 Å². The highest BCUT2D eigenvalue weighted by molar-refractivity contribution is 7.99. The van der Waals surface area contributed by atoms with Crippen molar-refractivity contribution in [3.05, 3.63) is 73.2 Å². The molecule has 1 heterocycles. The molecule has 0 saturated carbocycles. The van der Waals surface area contributed by atoms with Gasteiger partial charge in [0.2, 0.25) is 6.29 Å². The summed E-state index contributed by atoms with van der Waals surface area (Å²) in [6.45, 7) is 4.43. The molecule has 0 spiro atoms. The first-order valence-electron chi connectivity index (χ1n) is 9.38. The van der Waals surface area contributed by atoms with Gasteiger partial charge in [-0.2, -0.15) is 0 Å². The molecule has 1 radical (unpaired) electrons. The molecule has 0 bridgehead atoms. The van der Waals surface area contributed by atoms with Gasteiger partial charge >= 0.3 is 0 Å². The predicted octanol–water partition coefficient (Wildman–Crippen LogP) is 6.39. The Kier molecular flexibility index (Phi) is 7.07. The highest BCUT2D eigenvalue weighted by atomic mass is 32.2. The lowest BCUT2D eigenvalue weighted by Gasteiger charge is -2.22. The van der Waals surface area contributed by atoms with Gasteiger partial charge in [-0.1, -0.05) is 56.3 Å². The topological polar surface area (TPSA) is 18.5 Å². The molecule has 0 fully saturated rings. The van der Waals surface area contributed by atoms with Crippen LogP contribution in [0.25, 0.3) is 0 Å². The standard InChI is InChI=1S/C23H27O2S/c1-3-4-10-19(23-24-21-13-8-9-14-22(21)25-23)17-18(2)15-16-26-20-11-6-5-7-12-20/h4-14,17-19,23H,3,15-16H2,1-2H3. The van der Waals surface area contributed by atoms with E-state index >= 15 is 0 Å². The van der Waals surface area contributed by atoms with Gasteiger partial charge in [0.25, 0.3) is 0 Å².